The van der Waals surface area contributed by atoms with E-state index in [-0.39, 0.29) is 11.5 Å². The number of nitrogens with one attached hydrogen (secondary N) is 1. The molecule has 3 aromatic heterocycles. The Kier molecular flexibility index (Phi) is 5.24. The number of piperazine rings is 1. The van der Waals surface area contributed by atoms with Crippen molar-refractivity contribution >= 4 is 5.91 Å². The van der Waals surface area contributed by atoms with Crippen molar-refractivity contribution in [2.24, 2.45) is 0 Å². The molecule has 0 aromatic carbocycles. The maximum absolute atomic E-state index is 12.4. The number of carbonyl (C=O) groups is 1. The first-order valence-corrected chi connectivity index (χ1v) is 9.20. The molecule has 9 heteroatoms. The molecule has 3 aromatic rings. The van der Waals surface area contributed by atoms with Gasteiger partial charge in [-0.2, -0.15) is 10.2 Å². The summed E-state index contributed by atoms with van der Waals surface area (Å²) < 4.78 is 1.49. The Bertz CT molecular complexity index is 977. The van der Waals surface area contributed by atoms with Crippen LogP contribution in [0.5, 0.6) is 0 Å². The molecule has 0 atom stereocenters. The Morgan fingerprint density at radius 2 is 1.93 bits per heavy atom. The Labute approximate surface area is 161 Å². The minimum absolute atomic E-state index is 0.00421. The molecule has 1 saturated heterocycles. The van der Waals surface area contributed by atoms with Crippen LogP contribution in [0.25, 0.3) is 11.3 Å². The van der Waals surface area contributed by atoms with Gasteiger partial charge in [-0.1, -0.05) is 0 Å². The van der Waals surface area contributed by atoms with Crippen molar-refractivity contribution in [1.82, 2.24) is 34.8 Å². The molecule has 0 saturated carbocycles. The van der Waals surface area contributed by atoms with Crippen LogP contribution in [0.2, 0.25) is 0 Å². The fraction of sp³-hybridized carbons (Fsp3) is 0.316. The van der Waals surface area contributed by atoms with Gasteiger partial charge < -0.3 is 4.90 Å². The van der Waals surface area contributed by atoms with Crippen molar-refractivity contribution in [1.29, 1.82) is 0 Å². The molecule has 28 heavy (non-hydrogen) atoms. The molecule has 0 unspecified atom stereocenters. The highest BCUT2D eigenvalue weighted by atomic mass is 16.2. The van der Waals surface area contributed by atoms with E-state index in [1.165, 1.54) is 10.7 Å². The minimum atomic E-state index is -0.124. The number of rotatable bonds is 5. The zero-order valence-electron chi connectivity index (χ0n) is 15.4. The van der Waals surface area contributed by atoms with Crippen LogP contribution in [0.15, 0.2) is 53.8 Å². The van der Waals surface area contributed by atoms with E-state index in [4.69, 9.17) is 0 Å². The predicted molar refractivity (Wildman–Crippen MR) is 103 cm³/mol. The molecular formula is C19H21N7O2. The molecule has 1 aliphatic rings. The highest BCUT2D eigenvalue weighted by Gasteiger charge is 2.22. The lowest BCUT2D eigenvalue weighted by molar-refractivity contribution is 0.0631. The summed E-state index contributed by atoms with van der Waals surface area (Å²) in [5.41, 5.74) is 2.06. The SMILES string of the molecule is O=C(c1cn[nH]c1)N1CCN(CCn2nc(-c3cccnc3)ccc2=O)CC1. The number of carbonyl (C=O) groups excluding carboxylic acids is 1. The molecule has 0 spiro atoms. The van der Waals surface area contributed by atoms with Gasteiger partial charge in [-0.25, -0.2) is 4.68 Å². The number of H-pyrrole nitrogens is 1. The van der Waals surface area contributed by atoms with Crippen LogP contribution in [0.4, 0.5) is 0 Å². The number of hydrogen-bond donors (Lipinski definition) is 1. The fourth-order valence-electron chi connectivity index (χ4n) is 3.24. The topological polar surface area (TPSA) is 100 Å². The van der Waals surface area contributed by atoms with Crippen LogP contribution in [-0.4, -0.2) is 73.4 Å². The number of aromatic amines is 1. The third-order valence-electron chi connectivity index (χ3n) is 4.86. The summed E-state index contributed by atoms with van der Waals surface area (Å²) in [6.45, 7) is 4.05. The molecule has 4 heterocycles. The highest BCUT2D eigenvalue weighted by Crippen LogP contribution is 2.13. The van der Waals surface area contributed by atoms with E-state index in [1.54, 1.807) is 30.9 Å². The summed E-state index contributed by atoms with van der Waals surface area (Å²) in [6, 6.07) is 7.02. The second-order valence-electron chi connectivity index (χ2n) is 6.64. The normalized spacial score (nSPS) is 14.9. The van der Waals surface area contributed by atoms with Crippen molar-refractivity contribution in [3.63, 3.8) is 0 Å². The summed E-state index contributed by atoms with van der Waals surface area (Å²) in [4.78, 5) is 32.7. The molecule has 144 valence electrons. The average Bonchev–Trinajstić information content (AvgIpc) is 3.29. The lowest BCUT2D eigenvalue weighted by Gasteiger charge is -2.34. The van der Waals surface area contributed by atoms with Crippen molar-refractivity contribution in [3.05, 3.63) is 65.0 Å². The van der Waals surface area contributed by atoms with Crippen molar-refractivity contribution < 1.29 is 4.79 Å². The van der Waals surface area contributed by atoms with Crippen LogP contribution >= 0.6 is 0 Å². The Morgan fingerprint density at radius 3 is 2.64 bits per heavy atom. The molecular weight excluding hydrogens is 358 g/mol. The van der Waals surface area contributed by atoms with E-state index in [0.29, 0.717) is 31.7 Å². The van der Waals surface area contributed by atoms with Crippen LogP contribution < -0.4 is 5.56 Å². The predicted octanol–water partition coefficient (Wildman–Crippen LogP) is 0.486. The monoisotopic (exact) mass is 379 g/mol. The highest BCUT2D eigenvalue weighted by molar-refractivity contribution is 5.93. The lowest BCUT2D eigenvalue weighted by atomic mass is 10.2. The summed E-state index contributed by atoms with van der Waals surface area (Å²) >= 11 is 0. The summed E-state index contributed by atoms with van der Waals surface area (Å²) in [5.74, 6) is -0.00421. The van der Waals surface area contributed by atoms with Crippen molar-refractivity contribution in [2.75, 3.05) is 32.7 Å². The van der Waals surface area contributed by atoms with Gasteiger partial charge in [-0.15, -0.1) is 0 Å². The Balaban J connectivity index is 1.34. The zero-order valence-corrected chi connectivity index (χ0v) is 15.4. The second kappa shape index (κ2) is 8.13. The summed E-state index contributed by atoms with van der Waals surface area (Å²) in [5, 5.41) is 11.0. The van der Waals surface area contributed by atoms with E-state index in [2.05, 4.69) is 25.2 Å². The van der Waals surface area contributed by atoms with E-state index < -0.39 is 0 Å². The van der Waals surface area contributed by atoms with Gasteiger partial charge >= 0.3 is 0 Å². The number of hydrogen-bond acceptors (Lipinski definition) is 6. The first-order chi connectivity index (χ1) is 13.7. The Hall–Kier alpha value is -3.33. The molecule has 1 N–H and O–H groups in total. The molecule has 0 radical (unpaired) electrons. The third kappa shape index (κ3) is 3.99. The van der Waals surface area contributed by atoms with Gasteiger partial charge in [0, 0.05) is 62.9 Å². The maximum Gasteiger partial charge on any atom is 0.266 e. The smallest absolute Gasteiger partial charge is 0.266 e. The number of pyridine rings is 1. The molecule has 4 rings (SSSR count). The summed E-state index contributed by atoms with van der Waals surface area (Å²) in [6.07, 6.45) is 6.59. The number of amides is 1. The van der Waals surface area contributed by atoms with Crippen LogP contribution in [0.1, 0.15) is 10.4 Å². The van der Waals surface area contributed by atoms with Gasteiger partial charge in [0.25, 0.3) is 11.5 Å². The average molecular weight is 379 g/mol. The van der Waals surface area contributed by atoms with Gasteiger partial charge in [-0.05, 0) is 18.2 Å². The van der Waals surface area contributed by atoms with Gasteiger partial charge in [0.2, 0.25) is 0 Å². The van der Waals surface area contributed by atoms with Crippen LogP contribution in [0.3, 0.4) is 0 Å². The van der Waals surface area contributed by atoms with Gasteiger partial charge in [0.15, 0.2) is 0 Å². The first-order valence-electron chi connectivity index (χ1n) is 9.20. The fourth-order valence-corrected chi connectivity index (χ4v) is 3.24. The largest absolute Gasteiger partial charge is 0.336 e. The second-order valence-corrected chi connectivity index (χ2v) is 6.64. The summed E-state index contributed by atoms with van der Waals surface area (Å²) in [7, 11) is 0. The minimum Gasteiger partial charge on any atom is -0.336 e. The molecule has 0 aliphatic carbocycles. The number of nitrogens with zero attached hydrogens (tertiary/aromatic N) is 6. The van der Waals surface area contributed by atoms with E-state index in [1.807, 2.05) is 17.0 Å². The number of aromatic nitrogens is 5. The van der Waals surface area contributed by atoms with E-state index >= 15 is 0 Å². The van der Waals surface area contributed by atoms with E-state index in [9.17, 15) is 9.59 Å². The van der Waals surface area contributed by atoms with Gasteiger partial charge in [-0.3, -0.25) is 24.6 Å². The van der Waals surface area contributed by atoms with E-state index in [0.717, 1.165) is 24.3 Å². The maximum atomic E-state index is 12.4. The van der Waals surface area contributed by atoms with Crippen LogP contribution in [0, 0.1) is 0 Å². The molecule has 1 aliphatic heterocycles. The molecule has 1 amide bonds. The third-order valence-corrected chi connectivity index (χ3v) is 4.86. The van der Waals surface area contributed by atoms with Crippen molar-refractivity contribution in [3.8, 4) is 11.3 Å². The van der Waals surface area contributed by atoms with Gasteiger partial charge in [0.1, 0.15) is 0 Å². The zero-order chi connectivity index (χ0) is 19.3. The quantitative estimate of drug-likeness (QED) is 0.692. The molecule has 1 fully saturated rings. The van der Waals surface area contributed by atoms with Crippen molar-refractivity contribution in [2.45, 2.75) is 6.54 Å². The first kappa shape index (κ1) is 18.1. The molecule has 9 nitrogen and oxygen atoms in total. The molecule has 0 bridgehead atoms. The standard InChI is InChI=1S/C19H21N7O2/c27-18-4-3-17(15-2-1-5-20-12-15)23-26(18)11-8-24-6-9-25(10-7-24)19(28)16-13-21-22-14-16/h1-5,12-14H,6-11H2,(H,21,22). The lowest BCUT2D eigenvalue weighted by Crippen LogP contribution is -2.49. The van der Waals surface area contributed by atoms with Crippen LogP contribution in [-0.2, 0) is 6.54 Å². The van der Waals surface area contributed by atoms with Gasteiger partial charge in [0.05, 0.1) is 24.0 Å². The Morgan fingerprint density at radius 1 is 1.07 bits per heavy atom.